The highest BCUT2D eigenvalue weighted by Gasteiger charge is 2.31. The first-order valence-corrected chi connectivity index (χ1v) is 8.69. The molecule has 0 aromatic heterocycles. The summed E-state index contributed by atoms with van der Waals surface area (Å²) in [5.74, 6) is 0. The maximum Gasteiger partial charge on any atom is 0.0666 e. The van der Waals surface area contributed by atoms with Crippen LogP contribution in [-0.2, 0) is 4.74 Å². The monoisotopic (exact) mass is 278 g/mol. The van der Waals surface area contributed by atoms with Crippen molar-refractivity contribution in [1.29, 1.82) is 0 Å². The predicted molar refractivity (Wildman–Crippen MR) is 89.0 cm³/mol. The molecule has 0 amide bonds. The Labute approximate surface area is 126 Å². The van der Waals surface area contributed by atoms with E-state index in [2.05, 4.69) is 45.1 Å². The van der Waals surface area contributed by atoms with E-state index in [0.717, 1.165) is 13.0 Å². The molecule has 0 bridgehead atoms. The fourth-order valence-corrected chi connectivity index (χ4v) is 2.96. The summed E-state index contributed by atoms with van der Waals surface area (Å²) >= 11 is 0. The quantitative estimate of drug-likeness (QED) is 0.418. The summed E-state index contributed by atoms with van der Waals surface area (Å²) in [5, 5.41) is 0. The van der Waals surface area contributed by atoms with Crippen molar-refractivity contribution in [1.82, 2.24) is 0 Å². The van der Waals surface area contributed by atoms with Gasteiger partial charge in [0.25, 0.3) is 0 Å². The van der Waals surface area contributed by atoms with Crippen LogP contribution in [0.1, 0.15) is 78.6 Å². The second-order valence-corrected chi connectivity index (χ2v) is 6.41. The van der Waals surface area contributed by atoms with E-state index in [1.807, 2.05) is 0 Å². The number of hydrogen-bond acceptors (Lipinski definition) is 1. The van der Waals surface area contributed by atoms with Gasteiger partial charge in [-0.1, -0.05) is 83.6 Å². The summed E-state index contributed by atoms with van der Waals surface area (Å²) in [6.45, 7) is 7.80. The Kier molecular flexibility index (Phi) is 8.93. The van der Waals surface area contributed by atoms with Crippen LogP contribution >= 0.6 is 0 Å². The second-order valence-electron chi connectivity index (χ2n) is 6.41. The van der Waals surface area contributed by atoms with Gasteiger partial charge in [0.2, 0.25) is 0 Å². The van der Waals surface area contributed by atoms with Crippen LogP contribution in [0.25, 0.3) is 0 Å². The molecule has 0 N–H and O–H groups in total. The first-order valence-electron chi connectivity index (χ1n) is 8.69. The van der Waals surface area contributed by atoms with E-state index in [1.54, 1.807) is 0 Å². The first-order chi connectivity index (χ1) is 9.73. The molecule has 0 spiro atoms. The molecule has 0 radical (unpaired) electrons. The van der Waals surface area contributed by atoms with Gasteiger partial charge in [0.05, 0.1) is 6.10 Å². The lowest BCUT2D eigenvalue weighted by Gasteiger charge is -2.35. The third-order valence-electron chi connectivity index (χ3n) is 4.39. The van der Waals surface area contributed by atoms with E-state index in [9.17, 15) is 0 Å². The highest BCUT2D eigenvalue weighted by atomic mass is 16.5. The van der Waals surface area contributed by atoms with Crippen LogP contribution in [0.4, 0.5) is 0 Å². The summed E-state index contributed by atoms with van der Waals surface area (Å²) in [6, 6.07) is 0. The molecule has 1 rings (SSSR count). The van der Waals surface area contributed by atoms with Crippen molar-refractivity contribution in [2.24, 2.45) is 5.41 Å². The lowest BCUT2D eigenvalue weighted by Crippen LogP contribution is -2.33. The zero-order valence-corrected chi connectivity index (χ0v) is 13.9. The van der Waals surface area contributed by atoms with Crippen LogP contribution < -0.4 is 0 Å². The third-order valence-corrected chi connectivity index (χ3v) is 4.39. The fourth-order valence-electron chi connectivity index (χ4n) is 2.96. The van der Waals surface area contributed by atoms with Crippen LogP contribution in [0.5, 0.6) is 0 Å². The van der Waals surface area contributed by atoms with Crippen molar-refractivity contribution in [2.45, 2.75) is 84.7 Å². The Morgan fingerprint density at radius 2 is 1.75 bits per heavy atom. The molecule has 0 aliphatic heterocycles. The number of hydrogen-bond donors (Lipinski definition) is 0. The topological polar surface area (TPSA) is 9.23 Å². The maximum absolute atomic E-state index is 6.25. The highest BCUT2D eigenvalue weighted by molar-refractivity contribution is 5.17. The molecular weight excluding hydrogens is 244 g/mol. The van der Waals surface area contributed by atoms with Crippen molar-refractivity contribution in [3.63, 3.8) is 0 Å². The number of ether oxygens (including phenoxy) is 1. The molecule has 0 heterocycles. The Morgan fingerprint density at radius 3 is 2.40 bits per heavy atom. The minimum absolute atomic E-state index is 0.201. The lowest BCUT2D eigenvalue weighted by atomic mass is 9.77. The minimum Gasteiger partial charge on any atom is -0.377 e. The van der Waals surface area contributed by atoms with Crippen molar-refractivity contribution >= 4 is 0 Å². The Balaban J connectivity index is 2.25. The van der Waals surface area contributed by atoms with Crippen LogP contribution in [0.2, 0.25) is 0 Å². The van der Waals surface area contributed by atoms with E-state index in [1.165, 1.54) is 51.4 Å². The Morgan fingerprint density at radius 1 is 1.00 bits per heavy atom. The molecule has 0 aromatic carbocycles. The van der Waals surface area contributed by atoms with Gasteiger partial charge in [0.1, 0.15) is 0 Å². The SMILES string of the molecule is CCCCCCCCOC(CCC)C1(C)C=CC=CC1. The molecule has 0 saturated heterocycles. The van der Waals surface area contributed by atoms with Gasteiger partial charge in [-0.3, -0.25) is 0 Å². The van der Waals surface area contributed by atoms with Gasteiger partial charge in [-0.05, 0) is 19.3 Å². The normalized spacial score (nSPS) is 23.1. The zero-order valence-electron chi connectivity index (χ0n) is 13.9. The minimum atomic E-state index is 0.201. The van der Waals surface area contributed by atoms with Gasteiger partial charge in [0, 0.05) is 12.0 Å². The molecule has 0 aromatic rings. The molecule has 1 heteroatoms. The summed E-state index contributed by atoms with van der Waals surface area (Å²) < 4.78 is 6.25. The van der Waals surface area contributed by atoms with Gasteiger partial charge < -0.3 is 4.74 Å². The zero-order chi connectivity index (χ0) is 14.7. The molecule has 1 aliphatic rings. The van der Waals surface area contributed by atoms with Crippen LogP contribution in [0.3, 0.4) is 0 Å². The summed E-state index contributed by atoms with van der Waals surface area (Å²) in [6.07, 6.45) is 20.8. The molecule has 1 nitrogen and oxygen atoms in total. The Hall–Kier alpha value is -0.560. The van der Waals surface area contributed by atoms with Crippen molar-refractivity contribution < 1.29 is 4.74 Å². The number of allylic oxidation sites excluding steroid dienone is 3. The summed E-state index contributed by atoms with van der Waals surface area (Å²) in [7, 11) is 0. The average Bonchev–Trinajstić information content (AvgIpc) is 2.46. The van der Waals surface area contributed by atoms with E-state index in [4.69, 9.17) is 4.74 Å². The van der Waals surface area contributed by atoms with Gasteiger partial charge in [0.15, 0.2) is 0 Å². The van der Waals surface area contributed by atoms with Crippen LogP contribution in [0, 0.1) is 5.41 Å². The van der Waals surface area contributed by atoms with Gasteiger partial charge in [-0.15, -0.1) is 0 Å². The first kappa shape index (κ1) is 17.5. The molecular formula is C19H34O. The van der Waals surface area contributed by atoms with E-state index in [-0.39, 0.29) is 5.41 Å². The fraction of sp³-hybridized carbons (Fsp3) is 0.789. The smallest absolute Gasteiger partial charge is 0.0666 e. The lowest BCUT2D eigenvalue weighted by molar-refractivity contribution is -0.0192. The van der Waals surface area contributed by atoms with Gasteiger partial charge in [-0.25, -0.2) is 0 Å². The molecule has 116 valence electrons. The molecule has 1 aliphatic carbocycles. The van der Waals surface area contributed by atoms with Gasteiger partial charge >= 0.3 is 0 Å². The van der Waals surface area contributed by atoms with Crippen LogP contribution in [-0.4, -0.2) is 12.7 Å². The molecule has 20 heavy (non-hydrogen) atoms. The third kappa shape index (κ3) is 6.26. The summed E-state index contributed by atoms with van der Waals surface area (Å²) in [5.41, 5.74) is 0.201. The largest absolute Gasteiger partial charge is 0.377 e. The van der Waals surface area contributed by atoms with Gasteiger partial charge in [-0.2, -0.15) is 0 Å². The molecule has 0 fully saturated rings. The van der Waals surface area contributed by atoms with E-state index in [0.29, 0.717) is 6.10 Å². The van der Waals surface area contributed by atoms with Crippen molar-refractivity contribution in [3.8, 4) is 0 Å². The second kappa shape index (κ2) is 10.2. The Bertz CT molecular complexity index is 292. The van der Waals surface area contributed by atoms with E-state index >= 15 is 0 Å². The summed E-state index contributed by atoms with van der Waals surface area (Å²) in [4.78, 5) is 0. The standard InChI is InChI=1S/C19H34O/c1-4-6-7-8-9-13-17-20-18(14-5-2)19(3)15-11-10-12-16-19/h10-12,15,18H,4-9,13-14,16-17H2,1-3H3. The van der Waals surface area contributed by atoms with Crippen molar-refractivity contribution in [3.05, 3.63) is 24.3 Å². The highest BCUT2D eigenvalue weighted by Crippen LogP contribution is 2.35. The molecule has 2 unspecified atom stereocenters. The predicted octanol–water partition coefficient (Wildman–Crippen LogP) is 6.05. The van der Waals surface area contributed by atoms with Crippen LogP contribution in [0.15, 0.2) is 24.3 Å². The molecule has 2 atom stereocenters. The van der Waals surface area contributed by atoms with E-state index < -0.39 is 0 Å². The maximum atomic E-state index is 6.25. The number of rotatable bonds is 11. The average molecular weight is 278 g/mol. The molecule has 0 saturated carbocycles. The van der Waals surface area contributed by atoms with Crippen molar-refractivity contribution in [2.75, 3.05) is 6.61 Å². The number of unbranched alkanes of at least 4 members (excludes halogenated alkanes) is 5.